The second-order valence-electron chi connectivity index (χ2n) is 5.98. The van der Waals surface area contributed by atoms with Gasteiger partial charge in [0.2, 0.25) is 12.0 Å². The van der Waals surface area contributed by atoms with Crippen LogP contribution < -0.4 is 4.74 Å². The van der Waals surface area contributed by atoms with E-state index in [4.69, 9.17) is 20.8 Å². The maximum atomic E-state index is 13.9. The number of oxazole rings is 1. The Morgan fingerprint density at radius 3 is 2.61 bits per heavy atom. The molecule has 1 N–H and O–H groups in total. The molecule has 1 aromatic heterocycles. The number of aromatic nitrogens is 1. The van der Waals surface area contributed by atoms with Gasteiger partial charge in [-0.2, -0.15) is 0 Å². The first kappa shape index (κ1) is 18.0. The average Bonchev–Trinajstić information content (AvgIpc) is 3.11. The van der Waals surface area contributed by atoms with Crippen LogP contribution in [-0.4, -0.2) is 16.1 Å². The molecule has 0 radical (unpaired) electrons. The number of rotatable bonds is 5. The van der Waals surface area contributed by atoms with Crippen molar-refractivity contribution < 1.29 is 23.4 Å². The van der Waals surface area contributed by atoms with Gasteiger partial charge >= 0.3 is 5.97 Å². The Hall–Kier alpha value is -3.38. The average molecular weight is 398 g/mol. The number of nitrogens with zero attached hydrogens (tertiary/aromatic N) is 1. The lowest BCUT2D eigenvalue weighted by Crippen LogP contribution is -2.19. The molecule has 0 aliphatic carbocycles. The van der Waals surface area contributed by atoms with Crippen LogP contribution in [0, 0.1) is 5.82 Å². The van der Waals surface area contributed by atoms with E-state index in [1.54, 1.807) is 48.5 Å². The molecule has 0 saturated carbocycles. The van der Waals surface area contributed by atoms with Crippen molar-refractivity contribution in [3.8, 4) is 17.2 Å². The number of hydrogen-bond acceptors (Lipinski definition) is 4. The number of hydrogen-bond donors (Lipinski definition) is 1. The molecule has 4 aromatic rings. The fourth-order valence-electron chi connectivity index (χ4n) is 2.82. The highest BCUT2D eigenvalue weighted by Gasteiger charge is 2.26. The molecule has 140 valence electrons. The second kappa shape index (κ2) is 7.32. The Morgan fingerprint density at radius 1 is 1.11 bits per heavy atom. The van der Waals surface area contributed by atoms with E-state index in [-0.39, 0.29) is 27.8 Å². The molecule has 0 aliphatic rings. The molecule has 28 heavy (non-hydrogen) atoms. The van der Waals surface area contributed by atoms with Crippen LogP contribution in [0.15, 0.2) is 71.1 Å². The van der Waals surface area contributed by atoms with Crippen molar-refractivity contribution in [2.24, 2.45) is 0 Å². The molecule has 4 rings (SSSR count). The summed E-state index contributed by atoms with van der Waals surface area (Å²) in [7, 11) is 0. The number of fused-ring (bicyclic) bond motifs is 1. The highest BCUT2D eigenvalue weighted by atomic mass is 35.5. The summed E-state index contributed by atoms with van der Waals surface area (Å²) in [6.07, 6.45) is -1.39. The number of carboxylic acid groups (broad SMARTS) is 1. The van der Waals surface area contributed by atoms with Crippen molar-refractivity contribution in [3.05, 3.63) is 83.1 Å². The first-order valence-corrected chi connectivity index (χ1v) is 8.70. The fourth-order valence-corrected chi connectivity index (χ4v) is 3.06. The first-order valence-electron chi connectivity index (χ1n) is 8.32. The van der Waals surface area contributed by atoms with Gasteiger partial charge in [0.1, 0.15) is 17.1 Å². The van der Waals surface area contributed by atoms with Crippen LogP contribution in [0.3, 0.4) is 0 Å². The second-order valence-corrected chi connectivity index (χ2v) is 6.39. The van der Waals surface area contributed by atoms with E-state index in [0.717, 1.165) is 0 Å². The molecule has 0 aliphatic heterocycles. The number of aliphatic carboxylic acids is 1. The van der Waals surface area contributed by atoms with Gasteiger partial charge < -0.3 is 14.3 Å². The molecule has 0 saturated heterocycles. The zero-order valence-corrected chi connectivity index (χ0v) is 15.1. The van der Waals surface area contributed by atoms with Gasteiger partial charge in [0.25, 0.3) is 0 Å². The van der Waals surface area contributed by atoms with E-state index in [0.29, 0.717) is 11.1 Å². The van der Waals surface area contributed by atoms with Gasteiger partial charge in [-0.25, -0.2) is 14.2 Å². The quantitative estimate of drug-likeness (QED) is 0.482. The van der Waals surface area contributed by atoms with Gasteiger partial charge in [0, 0.05) is 10.6 Å². The third-order valence-electron chi connectivity index (χ3n) is 4.12. The van der Waals surface area contributed by atoms with Gasteiger partial charge in [-0.05, 0) is 36.4 Å². The van der Waals surface area contributed by atoms with Crippen molar-refractivity contribution in [3.63, 3.8) is 0 Å². The number of carboxylic acids is 1. The van der Waals surface area contributed by atoms with Crippen molar-refractivity contribution in [2.75, 3.05) is 0 Å². The predicted molar refractivity (Wildman–Crippen MR) is 102 cm³/mol. The summed E-state index contributed by atoms with van der Waals surface area (Å²) in [6.45, 7) is 0. The number of halogens is 2. The molecule has 1 heterocycles. The monoisotopic (exact) mass is 397 g/mol. The fraction of sp³-hybridized carbons (Fsp3) is 0.0476. The standard InChI is InChI=1S/C21H13ClFNO4/c22-15-6-2-1-5-13(15)19(21(25)26)27-17-10-9-12(23)11-14(17)20-24-16-7-3-4-8-18(16)28-20/h1-11,19H,(H,25,26). The minimum atomic E-state index is -1.39. The largest absolute Gasteiger partial charge is 0.478 e. The summed E-state index contributed by atoms with van der Waals surface area (Å²) >= 11 is 6.13. The smallest absolute Gasteiger partial charge is 0.349 e. The van der Waals surface area contributed by atoms with E-state index in [1.807, 2.05) is 0 Å². The van der Waals surface area contributed by atoms with Crippen LogP contribution >= 0.6 is 11.6 Å². The first-order chi connectivity index (χ1) is 13.5. The highest BCUT2D eigenvalue weighted by Crippen LogP contribution is 2.36. The maximum absolute atomic E-state index is 13.9. The highest BCUT2D eigenvalue weighted by molar-refractivity contribution is 6.31. The molecule has 5 nitrogen and oxygen atoms in total. The number of carbonyl (C=O) groups is 1. The lowest BCUT2D eigenvalue weighted by Gasteiger charge is -2.18. The van der Waals surface area contributed by atoms with Crippen LogP contribution in [0.2, 0.25) is 5.02 Å². The zero-order chi connectivity index (χ0) is 19.7. The van der Waals surface area contributed by atoms with Crippen molar-refractivity contribution >= 4 is 28.7 Å². The summed E-state index contributed by atoms with van der Waals surface area (Å²) in [5.41, 5.74) is 1.60. The van der Waals surface area contributed by atoms with Gasteiger partial charge in [-0.1, -0.05) is 41.9 Å². The Labute approximate surface area is 164 Å². The third kappa shape index (κ3) is 3.42. The molecule has 0 amide bonds. The Bertz CT molecular complexity index is 1140. The van der Waals surface area contributed by atoms with E-state index in [2.05, 4.69) is 4.98 Å². The minimum absolute atomic E-state index is 0.111. The topological polar surface area (TPSA) is 72.6 Å². The number of ether oxygens (including phenoxy) is 1. The van der Waals surface area contributed by atoms with Crippen LogP contribution in [0.4, 0.5) is 4.39 Å². The SMILES string of the molecule is O=C(O)C(Oc1ccc(F)cc1-c1nc2ccccc2o1)c1ccccc1Cl. The van der Waals surface area contributed by atoms with Crippen molar-refractivity contribution in [1.29, 1.82) is 0 Å². The molecule has 0 spiro atoms. The van der Waals surface area contributed by atoms with Crippen molar-refractivity contribution in [2.45, 2.75) is 6.10 Å². The number of benzene rings is 3. The summed E-state index contributed by atoms with van der Waals surface area (Å²) in [5.74, 6) is -1.53. The Balaban J connectivity index is 1.79. The summed E-state index contributed by atoms with van der Waals surface area (Å²) in [6, 6.07) is 17.3. The lowest BCUT2D eigenvalue weighted by molar-refractivity contribution is -0.145. The third-order valence-corrected chi connectivity index (χ3v) is 4.47. The van der Waals surface area contributed by atoms with Gasteiger partial charge in [0.05, 0.1) is 5.56 Å². The molecular formula is C21H13ClFNO4. The molecule has 1 atom stereocenters. The van der Waals surface area contributed by atoms with Gasteiger partial charge in [0.15, 0.2) is 5.58 Å². The minimum Gasteiger partial charge on any atom is -0.478 e. The van der Waals surface area contributed by atoms with Crippen LogP contribution in [-0.2, 0) is 4.79 Å². The maximum Gasteiger partial charge on any atom is 0.349 e. The summed E-state index contributed by atoms with van der Waals surface area (Å²) in [5, 5.41) is 9.90. The van der Waals surface area contributed by atoms with Crippen LogP contribution in [0.1, 0.15) is 11.7 Å². The molecule has 3 aromatic carbocycles. The van der Waals surface area contributed by atoms with Gasteiger partial charge in [-0.3, -0.25) is 0 Å². The van der Waals surface area contributed by atoms with E-state index in [9.17, 15) is 14.3 Å². The lowest BCUT2D eigenvalue weighted by atomic mass is 10.1. The van der Waals surface area contributed by atoms with E-state index in [1.165, 1.54) is 18.2 Å². The molecule has 0 bridgehead atoms. The molecule has 0 fully saturated rings. The Morgan fingerprint density at radius 2 is 1.86 bits per heavy atom. The molecular weight excluding hydrogens is 385 g/mol. The van der Waals surface area contributed by atoms with Crippen LogP contribution in [0.5, 0.6) is 5.75 Å². The van der Waals surface area contributed by atoms with Crippen molar-refractivity contribution in [1.82, 2.24) is 4.98 Å². The normalized spacial score (nSPS) is 12.1. The zero-order valence-electron chi connectivity index (χ0n) is 14.3. The summed E-state index contributed by atoms with van der Waals surface area (Å²) < 4.78 is 25.3. The van der Waals surface area contributed by atoms with Crippen LogP contribution in [0.25, 0.3) is 22.6 Å². The van der Waals surface area contributed by atoms with Gasteiger partial charge in [-0.15, -0.1) is 0 Å². The molecule has 1 unspecified atom stereocenters. The number of para-hydroxylation sites is 2. The molecule has 7 heteroatoms. The van der Waals surface area contributed by atoms with E-state index >= 15 is 0 Å². The predicted octanol–water partition coefficient (Wildman–Crippen LogP) is 5.49. The Kier molecular flexibility index (Phi) is 4.71. The summed E-state index contributed by atoms with van der Waals surface area (Å²) in [4.78, 5) is 16.2. The van der Waals surface area contributed by atoms with E-state index < -0.39 is 17.9 Å².